The number of nitrogens with one attached hydrogen (secondary N) is 1. The molecule has 2 aromatic rings. The van der Waals surface area contributed by atoms with E-state index in [2.05, 4.69) is 5.32 Å². The van der Waals surface area contributed by atoms with Crippen LogP contribution in [0.15, 0.2) is 36.4 Å². The number of amides is 1. The van der Waals surface area contributed by atoms with Gasteiger partial charge in [-0.1, -0.05) is 46.9 Å². The van der Waals surface area contributed by atoms with Crippen LogP contribution in [0.4, 0.5) is 5.69 Å². The van der Waals surface area contributed by atoms with E-state index in [4.69, 9.17) is 34.8 Å². The lowest BCUT2D eigenvalue weighted by atomic mass is 10.1. The summed E-state index contributed by atoms with van der Waals surface area (Å²) in [7, 11) is 0. The molecule has 2 rings (SSSR count). The van der Waals surface area contributed by atoms with Crippen molar-refractivity contribution in [1.82, 2.24) is 0 Å². The SMILES string of the molecule is Cc1ccc(NC(=O)CCc2c(Cl)cccc2Cl)cc1Cl. The highest BCUT2D eigenvalue weighted by atomic mass is 35.5. The summed E-state index contributed by atoms with van der Waals surface area (Å²) in [4.78, 5) is 12.0. The third kappa shape index (κ3) is 4.37. The Labute approximate surface area is 139 Å². The smallest absolute Gasteiger partial charge is 0.224 e. The number of hydrogen-bond donors (Lipinski definition) is 1. The number of rotatable bonds is 4. The first-order chi connectivity index (χ1) is 9.97. The van der Waals surface area contributed by atoms with Gasteiger partial charge in [0.2, 0.25) is 5.91 Å². The van der Waals surface area contributed by atoms with E-state index in [0.717, 1.165) is 11.1 Å². The van der Waals surface area contributed by atoms with Crippen LogP contribution < -0.4 is 5.32 Å². The van der Waals surface area contributed by atoms with Gasteiger partial charge in [0.25, 0.3) is 0 Å². The van der Waals surface area contributed by atoms with Crippen molar-refractivity contribution in [2.24, 2.45) is 0 Å². The molecular formula is C16H14Cl3NO. The van der Waals surface area contributed by atoms with Crippen molar-refractivity contribution >= 4 is 46.4 Å². The minimum atomic E-state index is -0.106. The number of halogens is 3. The van der Waals surface area contributed by atoms with Gasteiger partial charge in [0, 0.05) is 27.2 Å². The molecule has 2 nitrogen and oxygen atoms in total. The van der Waals surface area contributed by atoms with Crippen molar-refractivity contribution in [2.75, 3.05) is 5.32 Å². The molecule has 0 aromatic heterocycles. The van der Waals surface area contributed by atoms with Crippen LogP contribution in [0.3, 0.4) is 0 Å². The van der Waals surface area contributed by atoms with Gasteiger partial charge in [0.1, 0.15) is 0 Å². The van der Waals surface area contributed by atoms with Crippen LogP contribution in [0.5, 0.6) is 0 Å². The highest BCUT2D eigenvalue weighted by Crippen LogP contribution is 2.26. The molecular weight excluding hydrogens is 329 g/mol. The van der Waals surface area contributed by atoms with Crippen molar-refractivity contribution in [3.63, 3.8) is 0 Å². The maximum Gasteiger partial charge on any atom is 0.224 e. The average Bonchev–Trinajstić information content (AvgIpc) is 2.42. The summed E-state index contributed by atoms with van der Waals surface area (Å²) in [5, 5.41) is 4.59. The Bertz CT molecular complexity index is 650. The Morgan fingerprint density at radius 1 is 1.05 bits per heavy atom. The largest absolute Gasteiger partial charge is 0.326 e. The van der Waals surface area contributed by atoms with Crippen LogP contribution in [0.25, 0.3) is 0 Å². The van der Waals surface area contributed by atoms with Gasteiger partial charge >= 0.3 is 0 Å². The van der Waals surface area contributed by atoms with Crippen molar-refractivity contribution in [1.29, 1.82) is 0 Å². The third-order valence-corrected chi connectivity index (χ3v) is 4.23. The average molecular weight is 343 g/mol. The Hall–Kier alpha value is -1.22. The Kier molecular flexibility index (Phi) is 5.51. The molecule has 0 aliphatic heterocycles. The maximum atomic E-state index is 12.0. The molecule has 0 fully saturated rings. The highest BCUT2D eigenvalue weighted by molar-refractivity contribution is 6.36. The molecule has 0 aliphatic rings. The minimum Gasteiger partial charge on any atom is -0.326 e. The lowest BCUT2D eigenvalue weighted by molar-refractivity contribution is -0.116. The first kappa shape index (κ1) is 16.2. The molecule has 1 amide bonds. The molecule has 21 heavy (non-hydrogen) atoms. The van der Waals surface area contributed by atoms with Gasteiger partial charge < -0.3 is 5.32 Å². The van der Waals surface area contributed by atoms with E-state index in [1.54, 1.807) is 24.3 Å². The van der Waals surface area contributed by atoms with E-state index in [1.165, 1.54) is 0 Å². The van der Waals surface area contributed by atoms with Gasteiger partial charge in [-0.15, -0.1) is 0 Å². The fourth-order valence-corrected chi connectivity index (χ4v) is 2.67. The molecule has 0 bridgehead atoms. The van der Waals surface area contributed by atoms with Crippen molar-refractivity contribution in [3.8, 4) is 0 Å². The fraction of sp³-hybridized carbons (Fsp3) is 0.188. The van der Waals surface area contributed by atoms with Gasteiger partial charge in [-0.2, -0.15) is 0 Å². The molecule has 1 N–H and O–H groups in total. The molecule has 0 unspecified atom stereocenters. The monoisotopic (exact) mass is 341 g/mol. The summed E-state index contributed by atoms with van der Waals surface area (Å²) < 4.78 is 0. The van der Waals surface area contributed by atoms with E-state index in [1.807, 2.05) is 19.1 Å². The van der Waals surface area contributed by atoms with E-state index in [-0.39, 0.29) is 5.91 Å². The van der Waals surface area contributed by atoms with Crippen molar-refractivity contribution in [3.05, 3.63) is 62.6 Å². The van der Waals surface area contributed by atoms with E-state index < -0.39 is 0 Å². The first-order valence-electron chi connectivity index (χ1n) is 6.46. The molecule has 0 aliphatic carbocycles. The van der Waals surface area contributed by atoms with Gasteiger partial charge in [-0.25, -0.2) is 0 Å². The number of carbonyl (C=O) groups excluding carboxylic acids is 1. The molecule has 110 valence electrons. The summed E-state index contributed by atoms with van der Waals surface area (Å²) in [5.41, 5.74) is 2.44. The third-order valence-electron chi connectivity index (χ3n) is 3.12. The molecule has 0 spiro atoms. The summed E-state index contributed by atoms with van der Waals surface area (Å²) in [5.74, 6) is -0.106. The lowest BCUT2D eigenvalue weighted by Gasteiger charge is -2.09. The lowest BCUT2D eigenvalue weighted by Crippen LogP contribution is -2.12. The molecule has 0 saturated heterocycles. The molecule has 0 heterocycles. The normalized spacial score (nSPS) is 10.5. The number of benzene rings is 2. The molecule has 0 radical (unpaired) electrons. The number of aryl methyl sites for hydroxylation is 1. The zero-order valence-electron chi connectivity index (χ0n) is 11.4. The number of anilines is 1. The van der Waals surface area contributed by atoms with E-state index in [0.29, 0.717) is 33.6 Å². The fourth-order valence-electron chi connectivity index (χ4n) is 1.90. The zero-order chi connectivity index (χ0) is 15.4. The predicted octanol–water partition coefficient (Wildman–Crippen LogP) is 5.53. The Morgan fingerprint density at radius 3 is 2.33 bits per heavy atom. The topological polar surface area (TPSA) is 29.1 Å². The van der Waals surface area contributed by atoms with Crippen LogP contribution in [0.1, 0.15) is 17.5 Å². The van der Waals surface area contributed by atoms with Crippen LogP contribution in [0, 0.1) is 6.92 Å². The van der Waals surface area contributed by atoms with Crippen molar-refractivity contribution in [2.45, 2.75) is 19.8 Å². The van der Waals surface area contributed by atoms with Gasteiger partial charge in [-0.05, 0) is 48.7 Å². The van der Waals surface area contributed by atoms with Gasteiger partial charge in [-0.3, -0.25) is 4.79 Å². The quantitative estimate of drug-likeness (QED) is 0.778. The minimum absolute atomic E-state index is 0.106. The van der Waals surface area contributed by atoms with Crippen LogP contribution in [0.2, 0.25) is 15.1 Å². The highest BCUT2D eigenvalue weighted by Gasteiger charge is 2.09. The molecule has 5 heteroatoms. The second-order valence-electron chi connectivity index (χ2n) is 4.71. The Morgan fingerprint density at radius 2 is 1.71 bits per heavy atom. The maximum absolute atomic E-state index is 12.0. The standard InChI is InChI=1S/C16H14Cl3NO/c1-10-5-6-11(9-15(10)19)20-16(21)8-7-12-13(17)3-2-4-14(12)18/h2-6,9H,7-8H2,1H3,(H,20,21). The molecule has 0 atom stereocenters. The van der Waals surface area contributed by atoms with Crippen LogP contribution in [-0.4, -0.2) is 5.91 Å². The second kappa shape index (κ2) is 7.17. The first-order valence-corrected chi connectivity index (χ1v) is 7.59. The van der Waals surface area contributed by atoms with E-state index >= 15 is 0 Å². The van der Waals surface area contributed by atoms with Crippen LogP contribution >= 0.6 is 34.8 Å². The summed E-state index contributed by atoms with van der Waals surface area (Å²) >= 11 is 18.2. The summed E-state index contributed by atoms with van der Waals surface area (Å²) in [6.45, 7) is 1.91. The predicted molar refractivity (Wildman–Crippen MR) is 89.6 cm³/mol. The van der Waals surface area contributed by atoms with E-state index in [9.17, 15) is 4.79 Å². The molecule has 0 saturated carbocycles. The summed E-state index contributed by atoms with van der Waals surface area (Å²) in [6, 6.07) is 10.7. The van der Waals surface area contributed by atoms with Crippen LogP contribution in [-0.2, 0) is 11.2 Å². The summed E-state index contributed by atoms with van der Waals surface area (Å²) in [6.07, 6.45) is 0.791. The number of hydrogen-bond acceptors (Lipinski definition) is 1. The Balaban J connectivity index is 1.97. The molecule has 2 aromatic carbocycles. The zero-order valence-corrected chi connectivity index (χ0v) is 13.7. The van der Waals surface area contributed by atoms with Crippen molar-refractivity contribution < 1.29 is 4.79 Å². The van der Waals surface area contributed by atoms with Gasteiger partial charge in [0.15, 0.2) is 0 Å². The second-order valence-corrected chi connectivity index (χ2v) is 5.93. The van der Waals surface area contributed by atoms with Gasteiger partial charge in [0.05, 0.1) is 0 Å². The number of carbonyl (C=O) groups is 1.